The van der Waals surface area contributed by atoms with E-state index < -0.39 is 5.60 Å². The molecule has 0 bridgehead atoms. The number of piperidine rings is 1. The second kappa shape index (κ2) is 7.86. The molecule has 0 saturated carbocycles. The van der Waals surface area contributed by atoms with Gasteiger partial charge in [0, 0.05) is 25.8 Å². The number of amides is 1. The molecule has 23 heavy (non-hydrogen) atoms. The lowest BCUT2D eigenvalue weighted by Crippen LogP contribution is -2.44. The van der Waals surface area contributed by atoms with E-state index in [0.29, 0.717) is 5.92 Å². The molecule has 1 aliphatic rings. The van der Waals surface area contributed by atoms with E-state index in [9.17, 15) is 4.79 Å². The predicted octanol–water partition coefficient (Wildman–Crippen LogP) is 3.26. The molecule has 1 aromatic rings. The van der Waals surface area contributed by atoms with E-state index >= 15 is 0 Å². The Morgan fingerprint density at radius 1 is 1.52 bits per heavy atom. The average molecular weight is 338 g/mol. The number of rotatable bonds is 4. The zero-order chi connectivity index (χ0) is 16.9. The van der Waals surface area contributed by atoms with Gasteiger partial charge in [0.25, 0.3) is 0 Å². The van der Waals surface area contributed by atoms with Crippen molar-refractivity contribution in [2.24, 2.45) is 5.92 Å². The quantitative estimate of drug-likeness (QED) is 0.671. The number of nitrogens with one attached hydrogen (secondary N) is 1. The van der Waals surface area contributed by atoms with Crippen LogP contribution in [0, 0.1) is 5.92 Å². The van der Waals surface area contributed by atoms with Gasteiger partial charge in [-0.1, -0.05) is 11.8 Å². The van der Waals surface area contributed by atoms with E-state index in [2.05, 4.69) is 15.3 Å². The summed E-state index contributed by atoms with van der Waals surface area (Å²) in [5, 5.41) is 4.11. The van der Waals surface area contributed by atoms with Crippen LogP contribution < -0.4 is 5.32 Å². The first-order chi connectivity index (χ1) is 10.9. The van der Waals surface area contributed by atoms with E-state index in [1.54, 1.807) is 6.20 Å². The van der Waals surface area contributed by atoms with Gasteiger partial charge in [-0.05, 0) is 51.9 Å². The fourth-order valence-electron chi connectivity index (χ4n) is 2.51. The molecule has 0 aliphatic carbocycles. The van der Waals surface area contributed by atoms with Crippen molar-refractivity contribution in [3.8, 4) is 0 Å². The minimum atomic E-state index is -0.447. The van der Waals surface area contributed by atoms with Crippen molar-refractivity contribution in [2.75, 3.05) is 31.2 Å². The highest BCUT2D eigenvalue weighted by Crippen LogP contribution is 2.20. The van der Waals surface area contributed by atoms with E-state index in [4.69, 9.17) is 4.74 Å². The van der Waals surface area contributed by atoms with Gasteiger partial charge >= 0.3 is 6.09 Å². The number of thioether (sulfide) groups is 1. The molecule has 0 unspecified atom stereocenters. The normalized spacial score (nSPS) is 18.6. The minimum Gasteiger partial charge on any atom is -0.444 e. The molecular weight excluding hydrogens is 312 g/mol. The van der Waals surface area contributed by atoms with Crippen LogP contribution in [-0.2, 0) is 4.74 Å². The van der Waals surface area contributed by atoms with Gasteiger partial charge in [-0.2, -0.15) is 0 Å². The summed E-state index contributed by atoms with van der Waals surface area (Å²) in [6.07, 6.45) is 5.61. The van der Waals surface area contributed by atoms with Crippen LogP contribution in [0.5, 0.6) is 0 Å². The number of anilines is 1. The second-order valence-corrected chi connectivity index (χ2v) is 7.52. The van der Waals surface area contributed by atoms with E-state index in [1.807, 2.05) is 38.0 Å². The monoisotopic (exact) mass is 338 g/mol. The Morgan fingerprint density at radius 2 is 2.30 bits per heavy atom. The van der Waals surface area contributed by atoms with E-state index in [-0.39, 0.29) is 6.09 Å². The molecule has 6 nitrogen and oxygen atoms in total. The third-order valence-corrected chi connectivity index (χ3v) is 4.12. The van der Waals surface area contributed by atoms with Gasteiger partial charge in [0.2, 0.25) is 0 Å². The van der Waals surface area contributed by atoms with Crippen LogP contribution in [0.3, 0.4) is 0 Å². The molecule has 128 valence electrons. The highest BCUT2D eigenvalue weighted by atomic mass is 32.2. The van der Waals surface area contributed by atoms with Gasteiger partial charge in [-0.3, -0.25) is 0 Å². The highest BCUT2D eigenvalue weighted by Gasteiger charge is 2.27. The number of nitrogens with zero attached hydrogens (tertiary/aromatic N) is 3. The predicted molar refractivity (Wildman–Crippen MR) is 92.8 cm³/mol. The number of ether oxygens (including phenoxy) is 1. The molecule has 2 heterocycles. The van der Waals surface area contributed by atoms with Crippen LogP contribution in [0.15, 0.2) is 17.4 Å². The Balaban J connectivity index is 1.85. The number of aromatic nitrogens is 2. The SMILES string of the molecule is CSc1nccc(NC[C@H]2CCCN(C(=O)OC(C)(C)C)C2)n1. The smallest absolute Gasteiger partial charge is 0.410 e. The Hall–Kier alpha value is -1.50. The van der Waals surface area contributed by atoms with Crippen LogP contribution in [-0.4, -0.2) is 52.5 Å². The van der Waals surface area contributed by atoms with Crippen LogP contribution >= 0.6 is 11.8 Å². The van der Waals surface area contributed by atoms with Gasteiger partial charge in [-0.25, -0.2) is 14.8 Å². The zero-order valence-corrected chi connectivity index (χ0v) is 15.2. The molecule has 0 radical (unpaired) electrons. The maximum absolute atomic E-state index is 12.2. The maximum Gasteiger partial charge on any atom is 0.410 e. The van der Waals surface area contributed by atoms with Gasteiger partial charge in [0.1, 0.15) is 11.4 Å². The fourth-order valence-corrected chi connectivity index (χ4v) is 2.87. The standard InChI is InChI=1S/C16H26N4O2S/c1-16(2,3)22-15(21)20-9-5-6-12(11-20)10-18-13-7-8-17-14(19-13)23-4/h7-8,12H,5-6,9-11H2,1-4H3,(H,17,18,19)/t12-/m1/s1. The van der Waals surface area contributed by atoms with Gasteiger partial charge in [0.05, 0.1) is 0 Å². The first-order valence-corrected chi connectivity index (χ1v) is 9.18. The first kappa shape index (κ1) is 17.8. The minimum absolute atomic E-state index is 0.214. The summed E-state index contributed by atoms with van der Waals surface area (Å²) >= 11 is 1.52. The van der Waals surface area contributed by atoms with Crippen molar-refractivity contribution in [1.29, 1.82) is 0 Å². The summed E-state index contributed by atoms with van der Waals surface area (Å²) in [7, 11) is 0. The van der Waals surface area contributed by atoms with Crippen molar-refractivity contribution in [1.82, 2.24) is 14.9 Å². The molecule has 1 N–H and O–H groups in total. The molecule has 1 fully saturated rings. The maximum atomic E-state index is 12.2. The Bertz CT molecular complexity index is 533. The van der Waals surface area contributed by atoms with E-state index in [0.717, 1.165) is 43.5 Å². The van der Waals surface area contributed by atoms with Crippen LogP contribution in [0.2, 0.25) is 0 Å². The number of likely N-dealkylation sites (tertiary alicyclic amines) is 1. The summed E-state index contributed by atoms with van der Waals surface area (Å²) in [6.45, 7) is 7.98. The van der Waals surface area contributed by atoms with Crippen LogP contribution in [0.25, 0.3) is 0 Å². The van der Waals surface area contributed by atoms with Crippen LogP contribution in [0.4, 0.5) is 10.6 Å². The largest absolute Gasteiger partial charge is 0.444 e. The van der Waals surface area contributed by atoms with Crippen molar-refractivity contribution in [3.63, 3.8) is 0 Å². The van der Waals surface area contributed by atoms with Crippen molar-refractivity contribution in [2.45, 2.75) is 44.4 Å². The van der Waals surface area contributed by atoms with Gasteiger partial charge in [0.15, 0.2) is 5.16 Å². The molecular formula is C16H26N4O2S. The third-order valence-electron chi connectivity index (χ3n) is 3.56. The second-order valence-electron chi connectivity index (χ2n) is 6.74. The molecule has 1 atom stereocenters. The molecule has 1 saturated heterocycles. The average Bonchev–Trinajstić information content (AvgIpc) is 2.52. The number of carbonyl (C=O) groups is 1. The summed E-state index contributed by atoms with van der Waals surface area (Å²) in [5.41, 5.74) is -0.447. The van der Waals surface area contributed by atoms with Crippen molar-refractivity contribution >= 4 is 23.7 Å². The van der Waals surface area contributed by atoms with Gasteiger partial charge < -0.3 is 15.0 Å². The van der Waals surface area contributed by atoms with Crippen molar-refractivity contribution < 1.29 is 9.53 Å². The molecule has 0 aromatic carbocycles. The zero-order valence-electron chi connectivity index (χ0n) is 14.3. The molecule has 1 aromatic heterocycles. The Labute approximate surface area is 142 Å². The molecule has 7 heteroatoms. The third kappa shape index (κ3) is 5.89. The number of hydrogen-bond acceptors (Lipinski definition) is 6. The summed E-state index contributed by atoms with van der Waals surface area (Å²) in [5.74, 6) is 1.24. The first-order valence-electron chi connectivity index (χ1n) is 7.96. The molecule has 1 aliphatic heterocycles. The Kier molecular flexibility index (Phi) is 6.10. The Morgan fingerprint density at radius 3 is 3.00 bits per heavy atom. The van der Waals surface area contributed by atoms with Gasteiger partial charge in [-0.15, -0.1) is 0 Å². The summed E-state index contributed by atoms with van der Waals surface area (Å²) < 4.78 is 5.46. The lowest BCUT2D eigenvalue weighted by Gasteiger charge is -2.34. The highest BCUT2D eigenvalue weighted by molar-refractivity contribution is 7.98. The van der Waals surface area contributed by atoms with Crippen LogP contribution in [0.1, 0.15) is 33.6 Å². The number of hydrogen-bond donors (Lipinski definition) is 1. The number of carbonyl (C=O) groups excluding carboxylic acids is 1. The summed E-state index contributed by atoms with van der Waals surface area (Å²) in [6, 6.07) is 1.87. The molecule has 2 rings (SSSR count). The fraction of sp³-hybridized carbons (Fsp3) is 0.688. The molecule has 0 spiro atoms. The van der Waals surface area contributed by atoms with E-state index in [1.165, 1.54) is 11.8 Å². The van der Waals surface area contributed by atoms with Crippen molar-refractivity contribution in [3.05, 3.63) is 12.3 Å². The lowest BCUT2D eigenvalue weighted by molar-refractivity contribution is 0.0172. The summed E-state index contributed by atoms with van der Waals surface area (Å²) in [4.78, 5) is 22.6. The lowest BCUT2D eigenvalue weighted by atomic mass is 9.98. The molecule has 1 amide bonds. The topological polar surface area (TPSA) is 67.4 Å².